The molecule has 2 aromatic rings. The van der Waals surface area contributed by atoms with Crippen LogP contribution in [0.5, 0.6) is 0 Å². The average molecular weight is 364 g/mol. The number of rotatable bonds is 2. The van der Waals surface area contributed by atoms with Crippen molar-refractivity contribution in [2.75, 3.05) is 43.9 Å². The Balaban J connectivity index is 2.10. The van der Waals surface area contributed by atoms with E-state index in [1.807, 2.05) is 12.1 Å². The highest BCUT2D eigenvalue weighted by atomic mass is 79.9. The lowest BCUT2D eigenvalue weighted by Gasteiger charge is -2.34. The van der Waals surface area contributed by atoms with Crippen LogP contribution in [0.2, 0.25) is 0 Å². The van der Waals surface area contributed by atoms with Gasteiger partial charge in [-0.3, -0.25) is 9.78 Å². The predicted octanol–water partition coefficient (Wildman–Crippen LogP) is 1.43. The van der Waals surface area contributed by atoms with Gasteiger partial charge in [0.1, 0.15) is 0 Å². The molecule has 116 valence electrons. The van der Waals surface area contributed by atoms with Gasteiger partial charge >= 0.3 is 0 Å². The fourth-order valence-electron chi connectivity index (χ4n) is 2.71. The molecule has 1 aromatic carbocycles. The molecule has 0 unspecified atom stereocenters. The van der Waals surface area contributed by atoms with Crippen LogP contribution in [0.25, 0.3) is 10.9 Å². The maximum Gasteiger partial charge on any atom is 0.252 e. The number of hydrogen-bond acceptors (Lipinski definition) is 5. The molecule has 1 aliphatic rings. The molecule has 0 spiro atoms. The van der Waals surface area contributed by atoms with Crippen LogP contribution in [0.1, 0.15) is 10.4 Å². The quantitative estimate of drug-likeness (QED) is 0.842. The predicted molar refractivity (Wildman–Crippen MR) is 92.1 cm³/mol. The van der Waals surface area contributed by atoms with Crippen LogP contribution in [-0.2, 0) is 0 Å². The molecule has 6 nitrogen and oxygen atoms in total. The van der Waals surface area contributed by atoms with Crippen LogP contribution in [0, 0.1) is 0 Å². The first-order valence-corrected chi connectivity index (χ1v) is 7.87. The number of halogens is 1. The fourth-order valence-corrected chi connectivity index (χ4v) is 3.26. The summed E-state index contributed by atoms with van der Waals surface area (Å²) in [5.41, 5.74) is 13.9. The minimum absolute atomic E-state index is 0.259. The van der Waals surface area contributed by atoms with Crippen LogP contribution in [0.4, 0.5) is 11.4 Å². The van der Waals surface area contributed by atoms with Crippen LogP contribution in [0.3, 0.4) is 0 Å². The summed E-state index contributed by atoms with van der Waals surface area (Å²) in [5, 5.41) is 0.750. The van der Waals surface area contributed by atoms with Crippen molar-refractivity contribution < 1.29 is 4.79 Å². The van der Waals surface area contributed by atoms with Crippen LogP contribution in [0.15, 0.2) is 22.8 Å². The second-order valence-electron chi connectivity index (χ2n) is 5.56. The van der Waals surface area contributed by atoms with Crippen molar-refractivity contribution >= 4 is 44.1 Å². The van der Waals surface area contributed by atoms with Gasteiger partial charge < -0.3 is 21.3 Å². The van der Waals surface area contributed by atoms with Gasteiger partial charge in [-0.2, -0.15) is 0 Å². The molecule has 0 atom stereocenters. The number of fused-ring (bicyclic) bond motifs is 1. The van der Waals surface area contributed by atoms with Gasteiger partial charge in [0.25, 0.3) is 5.91 Å². The Labute approximate surface area is 137 Å². The van der Waals surface area contributed by atoms with Gasteiger partial charge in [-0.05, 0) is 35.1 Å². The van der Waals surface area contributed by atoms with Crippen molar-refractivity contribution in [1.29, 1.82) is 0 Å². The molecule has 1 fully saturated rings. The molecule has 1 saturated heterocycles. The molecule has 4 N–H and O–H groups in total. The molecular weight excluding hydrogens is 346 g/mol. The van der Waals surface area contributed by atoms with Crippen molar-refractivity contribution in [2.24, 2.45) is 5.73 Å². The third-order valence-electron chi connectivity index (χ3n) is 4.09. The Morgan fingerprint density at radius 3 is 2.59 bits per heavy atom. The van der Waals surface area contributed by atoms with Gasteiger partial charge in [-0.1, -0.05) is 0 Å². The molecule has 22 heavy (non-hydrogen) atoms. The van der Waals surface area contributed by atoms with E-state index >= 15 is 0 Å². The number of pyridine rings is 1. The van der Waals surface area contributed by atoms with Gasteiger partial charge in [0.05, 0.1) is 16.8 Å². The number of benzene rings is 1. The van der Waals surface area contributed by atoms with E-state index in [4.69, 9.17) is 11.5 Å². The fraction of sp³-hybridized carbons (Fsp3) is 0.333. The van der Waals surface area contributed by atoms with Crippen LogP contribution in [-0.4, -0.2) is 49.0 Å². The number of anilines is 2. The number of carbonyl (C=O) groups is 1. The minimum Gasteiger partial charge on any atom is -0.397 e. The average Bonchev–Trinajstić information content (AvgIpc) is 2.48. The maximum absolute atomic E-state index is 11.4. The molecule has 0 aliphatic carbocycles. The Bertz CT molecular complexity index is 740. The molecule has 0 saturated carbocycles. The third kappa shape index (κ3) is 2.62. The second-order valence-corrected chi connectivity index (χ2v) is 6.42. The van der Waals surface area contributed by atoms with E-state index < -0.39 is 5.91 Å². The molecule has 2 heterocycles. The number of hydrogen-bond donors (Lipinski definition) is 2. The Morgan fingerprint density at radius 2 is 1.95 bits per heavy atom. The van der Waals surface area contributed by atoms with Crippen molar-refractivity contribution in [3.05, 3.63) is 28.4 Å². The summed E-state index contributed by atoms with van der Waals surface area (Å²) in [6.45, 7) is 3.95. The number of nitrogen functional groups attached to an aromatic ring is 1. The van der Waals surface area contributed by atoms with Crippen LogP contribution >= 0.6 is 15.9 Å². The first-order valence-electron chi connectivity index (χ1n) is 7.08. The van der Waals surface area contributed by atoms with Crippen molar-refractivity contribution in [3.8, 4) is 0 Å². The summed E-state index contributed by atoms with van der Waals surface area (Å²) in [5.74, 6) is -0.562. The minimum atomic E-state index is -0.562. The van der Waals surface area contributed by atoms with E-state index in [1.165, 1.54) is 6.20 Å². The van der Waals surface area contributed by atoms with Gasteiger partial charge in [0.15, 0.2) is 0 Å². The summed E-state index contributed by atoms with van der Waals surface area (Å²) >= 11 is 3.55. The molecule has 3 rings (SSSR count). The molecule has 0 radical (unpaired) electrons. The summed E-state index contributed by atoms with van der Waals surface area (Å²) < 4.78 is 0.863. The maximum atomic E-state index is 11.4. The van der Waals surface area contributed by atoms with Crippen LogP contribution < -0.4 is 16.4 Å². The van der Waals surface area contributed by atoms with E-state index in [0.29, 0.717) is 5.69 Å². The third-order valence-corrected chi connectivity index (χ3v) is 4.69. The molecule has 7 heteroatoms. The highest BCUT2D eigenvalue weighted by molar-refractivity contribution is 9.10. The highest BCUT2D eigenvalue weighted by Gasteiger charge is 2.18. The van der Waals surface area contributed by atoms with E-state index in [-0.39, 0.29) is 5.56 Å². The summed E-state index contributed by atoms with van der Waals surface area (Å²) in [6.07, 6.45) is 1.43. The lowest BCUT2D eigenvalue weighted by molar-refractivity contribution is 0.100. The largest absolute Gasteiger partial charge is 0.397 e. The SMILES string of the molecule is CN1CCN(c2cc(Br)c3ncc(C(N)=O)c(N)c3c2)CC1. The van der Waals surface area contributed by atoms with Gasteiger partial charge in [-0.25, -0.2) is 0 Å². The monoisotopic (exact) mass is 363 g/mol. The number of carbonyl (C=O) groups excluding carboxylic acids is 1. The summed E-state index contributed by atoms with van der Waals surface area (Å²) in [4.78, 5) is 20.4. The highest BCUT2D eigenvalue weighted by Crippen LogP contribution is 2.33. The molecule has 1 amide bonds. The summed E-state index contributed by atoms with van der Waals surface area (Å²) in [7, 11) is 2.12. The number of piperazine rings is 1. The zero-order valence-corrected chi connectivity index (χ0v) is 13.9. The van der Waals surface area contributed by atoms with E-state index in [0.717, 1.165) is 47.2 Å². The molecule has 1 aliphatic heterocycles. The summed E-state index contributed by atoms with van der Waals surface area (Å²) in [6, 6.07) is 4.03. The first kappa shape index (κ1) is 15.1. The number of nitrogens with two attached hydrogens (primary N) is 2. The topological polar surface area (TPSA) is 88.5 Å². The lowest BCUT2D eigenvalue weighted by Crippen LogP contribution is -2.44. The van der Waals surface area contributed by atoms with Gasteiger partial charge in [0, 0.05) is 47.9 Å². The smallest absolute Gasteiger partial charge is 0.252 e. The normalized spacial score (nSPS) is 16.2. The van der Waals surface area contributed by atoms with Crippen molar-refractivity contribution in [3.63, 3.8) is 0 Å². The Hall–Kier alpha value is -1.86. The van der Waals surface area contributed by atoms with E-state index in [2.05, 4.69) is 37.8 Å². The Kier molecular flexibility index (Phi) is 3.92. The molecule has 1 aromatic heterocycles. The van der Waals surface area contributed by atoms with E-state index in [1.54, 1.807) is 0 Å². The first-order chi connectivity index (χ1) is 10.5. The van der Waals surface area contributed by atoms with Crippen molar-refractivity contribution in [2.45, 2.75) is 0 Å². The number of aromatic nitrogens is 1. The van der Waals surface area contributed by atoms with E-state index in [9.17, 15) is 4.79 Å². The second kappa shape index (κ2) is 5.73. The number of nitrogens with zero attached hydrogens (tertiary/aromatic N) is 3. The lowest BCUT2D eigenvalue weighted by atomic mass is 10.1. The molecule has 0 bridgehead atoms. The number of likely N-dealkylation sites (N-methyl/N-ethyl adjacent to an activating group) is 1. The zero-order valence-electron chi connectivity index (χ0n) is 12.3. The zero-order chi connectivity index (χ0) is 15.9. The Morgan fingerprint density at radius 1 is 1.27 bits per heavy atom. The van der Waals surface area contributed by atoms with Gasteiger partial charge in [-0.15, -0.1) is 0 Å². The van der Waals surface area contributed by atoms with Crippen molar-refractivity contribution in [1.82, 2.24) is 9.88 Å². The number of primary amides is 1. The van der Waals surface area contributed by atoms with Gasteiger partial charge in [0.2, 0.25) is 0 Å². The molecular formula is C15H18BrN5O. The number of amides is 1. The standard InChI is InChI=1S/C15H18BrN5O/c1-20-2-4-21(5-3-20)9-6-10-13(17)11(15(18)22)8-19-14(10)12(16)7-9/h6-8H,2-5H2,1H3,(H2,17,19)(H2,18,22).